The lowest BCUT2D eigenvalue weighted by atomic mass is 10.0. The summed E-state index contributed by atoms with van der Waals surface area (Å²) in [7, 11) is 0. The molecule has 0 aliphatic rings. The van der Waals surface area contributed by atoms with E-state index < -0.39 is 6.17 Å². The van der Waals surface area contributed by atoms with Crippen molar-refractivity contribution in [2.75, 3.05) is 0 Å². The number of rotatable bonds is 4. The van der Waals surface area contributed by atoms with Crippen molar-refractivity contribution in [3.63, 3.8) is 0 Å². The number of unbranched alkanes of at least 4 members (excludes halogenated alkanes) is 1. The molecular formula is C8H17F. The van der Waals surface area contributed by atoms with Crippen molar-refractivity contribution in [3.05, 3.63) is 0 Å². The molecule has 0 heterocycles. The van der Waals surface area contributed by atoms with Gasteiger partial charge in [-0.15, -0.1) is 0 Å². The zero-order valence-corrected chi connectivity index (χ0v) is 6.65. The Bertz CT molecular complexity index is 59.6. The first-order valence-electron chi connectivity index (χ1n) is 3.82. The fraction of sp³-hybridized carbons (Fsp3) is 1.00. The first-order valence-corrected chi connectivity index (χ1v) is 3.82. The summed E-state index contributed by atoms with van der Waals surface area (Å²) in [6, 6.07) is 0. The monoisotopic (exact) mass is 132 g/mol. The predicted octanol–water partition coefficient (Wildman–Crippen LogP) is 3.17. The van der Waals surface area contributed by atoms with Crippen LogP contribution in [-0.2, 0) is 0 Å². The summed E-state index contributed by atoms with van der Waals surface area (Å²) >= 11 is 0. The maximum absolute atomic E-state index is 12.4. The van der Waals surface area contributed by atoms with Crippen LogP contribution in [0, 0.1) is 5.92 Å². The van der Waals surface area contributed by atoms with Gasteiger partial charge >= 0.3 is 0 Å². The van der Waals surface area contributed by atoms with Crippen LogP contribution >= 0.6 is 0 Å². The molecule has 9 heavy (non-hydrogen) atoms. The highest BCUT2D eigenvalue weighted by Crippen LogP contribution is 2.13. The average Bonchev–Trinajstić information content (AvgIpc) is 1.82. The topological polar surface area (TPSA) is 0 Å². The second kappa shape index (κ2) is 4.78. The van der Waals surface area contributed by atoms with Gasteiger partial charge in [-0.25, -0.2) is 4.39 Å². The summed E-state index contributed by atoms with van der Waals surface area (Å²) in [6.07, 6.45) is 2.75. The second-order valence-corrected chi connectivity index (χ2v) is 2.80. The summed E-state index contributed by atoms with van der Waals surface area (Å²) in [5.41, 5.74) is 0. The molecule has 0 radical (unpaired) electrons. The molecule has 0 fully saturated rings. The Morgan fingerprint density at radius 2 is 1.89 bits per heavy atom. The Morgan fingerprint density at radius 1 is 1.33 bits per heavy atom. The molecule has 0 amide bonds. The van der Waals surface area contributed by atoms with E-state index in [0.717, 1.165) is 12.8 Å². The van der Waals surface area contributed by atoms with E-state index in [1.807, 2.05) is 6.92 Å². The standard InChI is InChI=1S/C8H17F/c1-4-5-6-7(2)8(3)9/h7-8H,4-6H2,1-3H3. The summed E-state index contributed by atoms with van der Waals surface area (Å²) < 4.78 is 12.4. The van der Waals surface area contributed by atoms with Crippen molar-refractivity contribution in [2.45, 2.75) is 46.2 Å². The minimum Gasteiger partial charge on any atom is -0.248 e. The van der Waals surface area contributed by atoms with Gasteiger partial charge in [-0.3, -0.25) is 0 Å². The molecule has 0 aliphatic heterocycles. The first-order chi connectivity index (χ1) is 4.18. The molecule has 0 nitrogen and oxygen atoms in total. The first kappa shape index (κ1) is 8.93. The van der Waals surface area contributed by atoms with E-state index in [-0.39, 0.29) is 5.92 Å². The molecule has 2 atom stereocenters. The third-order valence-electron chi connectivity index (χ3n) is 1.80. The Balaban J connectivity index is 3.16. The van der Waals surface area contributed by atoms with Crippen LogP contribution in [0.4, 0.5) is 4.39 Å². The minimum atomic E-state index is -0.628. The molecule has 0 spiro atoms. The van der Waals surface area contributed by atoms with Crippen molar-refractivity contribution in [1.29, 1.82) is 0 Å². The minimum absolute atomic E-state index is 0.255. The van der Waals surface area contributed by atoms with Crippen LogP contribution in [0.15, 0.2) is 0 Å². The van der Waals surface area contributed by atoms with Crippen LogP contribution in [0.2, 0.25) is 0 Å². The lowest BCUT2D eigenvalue weighted by Gasteiger charge is -2.10. The third-order valence-corrected chi connectivity index (χ3v) is 1.80. The Labute approximate surface area is 57.5 Å². The van der Waals surface area contributed by atoms with Crippen LogP contribution in [0.25, 0.3) is 0 Å². The highest BCUT2D eigenvalue weighted by atomic mass is 19.1. The average molecular weight is 132 g/mol. The fourth-order valence-corrected chi connectivity index (χ4v) is 0.756. The highest BCUT2D eigenvalue weighted by Gasteiger charge is 2.08. The van der Waals surface area contributed by atoms with Crippen molar-refractivity contribution in [3.8, 4) is 0 Å². The van der Waals surface area contributed by atoms with E-state index in [1.54, 1.807) is 6.92 Å². The number of hydrogen-bond donors (Lipinski definition) is 0. The number of alkyl halides is 1. The maximum atomic E-state index is 12.4. The summed E-state index contributed by atoms with van der Waals surface area (Å²) in [5.74, 6) is 0.255. The SMILES string of the molecule is CCCCC(C)C(C)F. The second-order valence-electron chi connectivity index (χ2n) is 2.80. The van der Waals surface area contributed by atoms with Crippen molar-refractivity contribution >= 4 is 0 Å². The lowest BCUT2D eigenvalue weighted by Crippen LogP contribution is -2.07. The largest absolute Gasteiger partial charge is 0.248 e. The number of halogens is 1. The van der Waals surface area contributed by atoms with Crippen LogP contribution in [0.5, 0.6) is 0 Å². The van der Waals surface area contributed by atoms with Crippen LogP contribution in [0.1, 0.15) is 40.0 Å². The smallest absolute Gasteiger partial charge is 0.0998 e. The third kappa shape index (κ3) is 4.43. The molecule has 0 bridgehead atoms. The zero-order valence-electron chi connectivity index (χ0n) is 6.65. The van der Waals surface area contributed by atoms with Gasteiger partial charge in [0, 0.05) is 0 Å². The molecule has 56 valence electrons. The van der Waals surface area contributed by atoms with Gasteiger partial charge in [0.15, 0.2) is 0 Å². The van der Waals surface area contributed by atoms with Crippen molar-refractivity contribution in [2.24, 2.45) is 5.92 Å². The van der Waals surface area contributed by atoms with Gasteiger partial charge in [0.05, 0.1) is 6.17 Å². The molecule has 0 saturated heterocycles. The van der Waals surface area contributed by atoms with E-state index in [9.17, 15) is 4.39 Å². The molecule has 0 rings (SSSR count). The fourth-order valence-electron chi connectivity index (χ4n) is 0.756. The maximum Gasteiger partial charge on any atom is 0.0998 e. The number of hydrogen-bond acceptors (Lipinski definition) is 0. The Morgan fingerprint density at radius 3 is 2.22 bits per heavy atom. The van der Waals surface area contributed by atoms with Crippen LogP contribution in [0.3, 0.4) is 0 Å². The van der Waals surface area contributed by atoms with Gasteiger partial charge in [0.1, 0.15) is 0 Å². The highest BCUT2D eigenvalue weighted by molar-refractivity contribution is 4.58. The molecule has 0 saturated carbocycles. The summed E-state index contributed by atoms with van der Waals surface area (Å²) in [5, 5.41) is 0. The zero-order chi connectivity index (χ0) is 7.28. The molecule has 2 unspecified atom stereocenters. The van der Waals surface area contributed by atoms with E-state index in [2.05, 4.69) is 6.92 Å². The molecule has 0 aromatic carbocycles. The summed E-state index contributed by atoms with van der Waals surface area (Å²) in [6.45, 7) is 5.75. The molecule has 0 aromatic heterocycles. The van der Waals surface area contributed by atoms with Gasteiger partial charge < -0.3 is 0 Å². The normalized spacial score (nSPS) is 17.3. The quantitative estimate of drug-likeness (QED) is 0.551. The van der Waals surface area contributed by atoms with Crippen molar-refractivity contribution in [1.82, 2.24) is 0 Å². The van der Waals surface area contributed by atoms with Gasteiger partial charge in [-0.1, -0.05) is 26.7 Å². The molecule has 0 N–H and O–H groups in total. The molecule has 0 aromatic rings. The molecule has 1 heteroatoms. The van der Waals surface area contributed by atoms with E-state index in [4.69, 9.17) is 0 Å². The van der Waals surface area contributed by atoms with Crippen LogP contribution in [-0.4, -0.2) is 6.17 Å². The van der Waals surface area contributed by atoms with E-state index in [0.29, 0.717) is 0 Å². The van der Waals surface area contributed by atoms with Gasteiger partial charge in [0.2, 0.25) is 0 Å². The van der Waals surface area contributed by atoms with Gasteiger partial charge in [0.25, 0.3) is 0 Å². The van der Waals surface area contributed by atoms with Gasteiger partial charge in [-0.05, 0) is 19.3 Å². The lowest BCUT2D eigenvalue weighted by molar-refractivity contribution is 0.249. The Hall–Kier alpha value is -0.0700. The van der Waals surface area contributed by atoms with Gasteiger partial charge in [-0.2, -0.15) is 0 Å². The van der Waals surface area contributed by atoms with Crippen molar-refractivity contribution < 1.29 is 4.39 Å². The molecule has 0 aliphatic carbocycles. The predicted molar refractivity (Wildman–Crippen MR) is 39.3 cm³/mol. The Kier molecular flexibility index (Phi) is 4.74. The summed E-state index contributed by atoms with van der Waals surface area (Å²) in [4.78, 5) is 0. The van der Waals surface area contributed by atoms with Crippen LogP contribution < -0.4 is 0 Å². The molecular weight excluding hydrogens is 115 g/mol. The van der Waals surface area contributed by atoms with E-state index >= 15 is 0 Å². The van der Waals surface area contributed by atoms with E-state index in [1.165, 1.54) is 6.42 Å².